The summed E-state index contributed by atoms with van der Waals surface area (Å²) in [4.78, 5) is 25.3. The molecule has 2 aromatic carbocycles. The lowest BCUT2D eigenvalue weighted by Gasteiger charge is -2.21. The van der Waals surface area contributed by atoms with Gasteiger partial charge in [0.05, 0.1) is 28.1 Å². The maximum Gasteiger partial charge on any atom is 0.253 e. The van der Waals surface area contributed by atoms with Crippen molar-refractivity contribution in [3.05, 3.63) is 69.2 Å². The summed E-state index contributed by atoms with van der Waals surface area (Å²) in [6.07, 6.45) is 0.641. The van der Waals surface area contributed by atoms with Crippen LogP contribution in [-0.4, -0.2) is 32.3 Å². The summed E-state index contributed by atoms with van der Waals surface area (Å²) in [7, 11) is 0. The molecule has 11 heteroatoms. The van der Waals surface area contributed by atoms with Gasteiger partial charge >= 0.3 is 0 Å². The highest BCUT2D eigenvalue weighted by atomic mass is 79.9. The maximum absolute atomic E-state index is 14.0. The number of carbonyl (C=O) groups is 2. The van der Waals surface area contributed by atoms with Gasteiger partial charge in [0.2, 0.25) is 5.91 Å². The summed E-state index contributed by atoms with van der Waals surface area (Å²) < 4.78 is 16.5. The number of benzene rings is 2. The molecule has 0 unspecified atom stereocenters. The number of nitrogens with one attached hydrogen (secondary N) is 2. The van der Waals surface area contributed by atoms with E-state index in [1.165, 1.54) is 23.9 Å². The topological polar surface area (TPSA) is 88.9 Å². The van der Waals surface area contributed by atoms with Gasteiger partial charge in [0.1, 0.15) is 5.82 Å². The molecule has 3 aromatic rings. The predicted molar refractivity (Wildman–Crippen MR) is 140 cm³/mol. The number of aromatic nitrogens is 3. The Morgan fingerprint density at radius 3 is 2.60 bits per heavy atom. The Morgan fingerprint density at radius 2 is 1.94 bits per heavy atom. The van der Waals surface area contributed by atoms with Crippen molar-refractivity contribution in [2.24, 2.45) is 5.92 Å². The number of amides is 2. The normalized spacial score (nSPS) is 12.0. The fourth-order valence-electron chi connectivity index (χ4n) is 3.45. The first-order chi connectivity index (χ1) is 16.7. The van der Waals surface area contributed by atoms with Crippen molar-refractivity contribution in [3.8, 4) is 0 Å². The van der Waals surface area contributed by atoms with Crippen molar-refractivity contribution in [2.45, 2.75) is 44.9 Å². The van der Waals surface area contributed by atoms with Crippen molar-refractivity contribution in [3.63, 3.8) is 0 Å². The molecule has 1 aromatic heterocycles. The number of thioether (sulfide) groups is 1. The fraction of sp³-hybridized carbons (Fsp3) is 0.333. The lowest BCUT2D eigenvalue weighted by Crippen LogP contribution is -2.31. The molecule has 0 aliphatic carbocycles. The smallest absolute Gasteiger partial charge is 0.253 e. The van der Waals surface area contributed by atoms with E-state index in [4.69, 9.17) is 11.6 Å². The molecular weight excluding hydrogens is 557 g/mol. The SMILES string of the molecule is CCn1c(SCC(=O)Nc2ccc(Br)cc2F)nnc1[C@@H](CC(C)C)NC(=O)c1ccccc1Cl. The summed E-state index contributed by atoms with van der Waals surface area (Å²) in [5.41, 5.74) is 0.493. The molecule has 186 valence electrons. The third-order valence-corrected chi connectivity index (χ3v) is 6.83. The minimum absolute atomic E-state index is 0.0223. The quantitative estimate of drug-likeness (QED) is 0.282. The van der Waals surface area contributed by atoms with Crippen LogP contribution in [0.2, 0.25) is 5.02 Å². The number of hydrogen-bond acceptors (Lipinski definition) is 5. The second kappa shape index (κ2) is 12.5. The molecule has 0 saturated carbocycles. The van der Waals surface area contributed by atoms with E-state index in [1.807, 2.05) is 11.5 Å². The van der Waals surface area contributed by atoms with Gasteiger partial charge in [0.25, 0.3) is 5.91 Å². The van der Waals surface area contributed by atoms with E-state index in [9.17, 15) is 14.0 Å². The summed E-state index contributed by atoms with van der Waals surface area (Å²) in [6.45, 7) is 6.60. The Morgan fingerprint density at radius 1 is 1.20 bits per heavy atom. The zero-order chi connectivity index (χ0) is 25.5. The van der Waals surface area contributed by atoms with Crippen LogP contribution in [0.3, 0.4) is 0 Å². The van der Waals surface area contributed by atoms with E-state index in [0.29, 0.717) is 39.0 Å². The van der Waals surface area contributed by atoms with Gasteiger partial charge < -0.3 is 15.2 Å². The van der Waals surface area contributed by atoms with Crippen molar-refractivity contribution >= 4 is 56.8 Å². The highest BCUT2D eigenvalue weighted by molar-refractivity contribution is 9.10. The van der Waals surface area contributed by atoms with Gasteiger partial charge in [-0.3, -0.25) is 9.59 Å². The first-order valence-electron chi connectivity index (χ1n) is 11.1. The molecule has 1 atom stereocenters. The average molecular weight is 583 g/mol. The van der Waals surface area contributed by atoms with Crippen LogP contribution in [0.15, 0.2) is 52.1 Å². The monoisotopic (exact) mass is 581 g/mol. The van der Waals surface area contributed by atoms with Crippen molar-refractivity contribution < 1.29 is 14.0 Å². The van der Waals surface area contributed by atoms with E-state index < -0.39 is 11.9 Å². The number of nitrogens with zero attached hydrogens (tertiary/aromatic N) is 3. The number of rotatable bonds is 10. The van der Waals surface area contributed by atoms with Crippen molar-refractivity contribution in [1.29, 1.82) is 0 Å². The Hall–Kier alpha value is -2.43. The predicted octanol–water partition coefficient (Wildman–Crippen LogP) is 6.10. The molecule has 0 saturated heterocycles. The average Bonchev–Trinajstić information content (AvgIpc) is 3.22. The largest absolute Gasteiger partial charge is 0.342 e. The van der Waals surface area contributed by atoms with Gasteiger partial charge in [-0.2, -0.15) is 0 Å². The zero-order valence-electron chi connectivity index (χ0n) is 19.5. The lowest BCUT2D eigenvalue weighted by atomic mass is 10.0. The van der Waals surface area contributed by atoms with Gasteiger partial charge in [-0.05, 0) is 49.6 Å². The van der Waals surface area contributed by atoms with E-state index >= 15 is 0 Å². The Kier molecular flexibility index (Phi) is 9.71. The molecule has 3 rings (SSSR count). The zero-order valence-corrected chi connectivity index (χ0v) is 22.7. The van der Waals surface area contributed by atoms with Crippen LogP contribution in [0.4, 0.5) is 10.1 Å². The summed E-state index contributed by atoms with van der Waals surface area (Å²) in [6, 6.07) is 10.9. The van der Waals surface area contributed by atoms with Crippen LogP contribution in [0, 0.1) is 11.7 Å². The Balaban J connectivity index is 1.74. The van der Waals surface area contributed by atoms with Crippen LogP contribution < -0.4 is 10.6 Å². The van der Waals surface area contributed by atoms with Crippen LogP contribution in [-0.2, 0) is 11.3 Å². The van der Waals surface area contributed by atoms with Gasteiger partial charge in [-0.15, -0.1) is 10.2 Å². The number of halogens is 3. The maximum atomic E-state index is 14.0. The molecule has 2 amide bonds. The van der Waals surface area contributed by atoms with Crippen molar-refractivity contribution in [2.75, 3.05) is 11.1 Å². The molecule has 2 N–H and O–H groups in total. The van der Waals surface area contributed by atoms with Gasteiger partial charge in [-0.1, -0.05) is 65.3 Å². The third kappa shape index (κ3) is 7.28. The van der Waals surface area contributed by atoms with E-state index in [0.717, 1.165) is 0 Å². The minimum Gasteiger partial charge on any atom is -0.342 e. The van der Waals surface area contributed by atoms with Crippen LogP contribution in [0.5, 0.6) is 0 Å². The summed E-state index contributed by atoms with van der Waals surface area (Å²) in [5, 5.41) is 15.1. The molecule has 0 fully saturated rings. The molecule has 35 heavy (non-hydrogen) atoms. The van der Waals surface area contributed by atoms with E-state index in [2.05, 4.69) is 50.6 Å². The van der Waals surface area contributed by atoms with Gasteiger partial charge in [0.15, 0.2) is 11.0 Å². The highest BCUT2D eigenvalue weighted by Crippen LogP contribution is 2.26. The molecule has 0 spiro atoms. The lowest BCUT2D eigenvalue weighted by molar-refractivity contribution is -0.113. The Labute approximate surface area is 221 Å². The molecule has 1 heterocycles. The van der Waals surface area contributed by atoms with Crippen LogP contribution >= 0.6 is 39.3 Å². The summed E-state index contributed by atoms with van der Waals surface area (Å²) in [5.74, 6) is -0.289. The number of hydrogen-bond donors (Lipinski definition) is 2. The third-order valence-electron chi connectivity index (χ3n) is 5.04. The van der Waals surface area contributed by atoms with E-state index in [1.54, 1.807) is 30.3 Å². The van der Waals surface area contributed by atoms with E-state index in [-0.39, 0.29) is 29.2 Å². The van der Waals surface area contributed by atoms with Crippen LogP contribution in [0.25, 0.3) is 0 Å². The molecule has 7 nitrogen and oxygen atoms in total. The highest BCUT2D eigenvalue weighted by Gasteiger charge is 2.25. The Bertz CT molecular complexity index is 1210. The van der Waals surface area contributed by atoms with Gasteiger partial charge in [0, 0.05) is 11.0 Å². The second-order valence-corrected chi connectivity index (χ2v) is 10.4. The first-order valence-corrected chi connectivity index (χ1v) is 13.2. The molecule has 0 aliphatic rings. The second-order valence-electron chi connectivity index (χ2n) is 8.18. The first kappa shape index (κ1) is 27.2. The fourth-order valence-corrected chi connectivity index (χ4v) is 4.81. The number of carbonyl (C=O) groups excluding carboxylic acids is 2. The molecule has 0 radical (unpaired) electrons. The molecule has 0 bridgehead atoms. The molecular formula is C24H26BrClFN5O2S. The minimum atomic E-state index is -0.525. The molecule has 0 aliphatic heterocycles. The van der Waals surface area contributed by atoms with Crippen molar-refractivity contribution in [1.82, 2.24) is 20.1 Å². The van der Waals surface area contributed by atoms with Gasteiger partial charge in [-0.25, -0.2) is 4.39 Å². The summed E-state index contributed by atoms with van der Waals surface area (Å²) >= 11 is 10.6. The number of anilines is 1. The van der Waals surface area contributed by atoms with Crippen LogP contribution in [0.1, 0.15) is 49.4 Å². The standard InChI is InChI=1S/C24H26BrClFN5O2S/c1-4-32-22(20(11-14(2)3)29-23(34)16-7-5-6-8-17(16)26)30-31-24(32)35-13-21(33)28-19-10-9-15(25)12-18(19)27/h5-10,12,14,20H,4,11,13H2,1-3H3,(H,28,33)(H,29,34)/t20-/m1/s1.